The van der Waals surface area contributed by atoms with Gasteiger partial charge in [0.05, 0.1) is 5.69 Å². The summed E-state index contributed by atoms with van der Waals surface area (Å²) in [4.78, 5) is 11.6. The molecule has 1 aliphatic carbocycles. The van der Waals surface area contributed by atoms with Gasteiger partial charge in [-0.2, -0.15) is 0 Å². The van der Waals surface area contributed by atoms with Gasteiger partial charge in [-0.15, -0.1) is 0 Å². The molecule has 2 rings (SSSR count). The van der Waals surface area contributed by atoms with Crippen molar-refractivity contribution in [2.75, 3.05) is 5.06 Å². The molecule has 0 bridgehead atoms. The van der Waals surface area contributed by atoms with Gasteiger partial charge in [-0.25, -0.2) is 5.06 Å². The van der Waals surface area contributed by atoms with Gasteiger partial charge in [-0.05, 0) is 49.9 Å². The van der Waals surface area contributed by atoms with Gasteiger partial charge < -0.3 is 0 Å². The number of hydrogen-bond donors (Lipinski definition) is 1. The first-order chi connectivity index (χ1) is 7.58. The molecule has 1 unspecified atom stereocenters. The quantitative estimate of drug-likeness (QED) is 0.777. The summed E-state index contributed by atoms with van der Waals surface area (Å²) in [5, 5.41) is 11.2. The monoisotopic (exact) mass is 219 g/mol. The highest BCUT2D eigenvalue weighted by Crippen LogP contribution is 2.25. The Morgan fingerprint density at radius 3 is 2.38 bits per heavy atom. The molecule has 0 saturated heterocycles. The minimum absolute atomic E-state index is 0.140. The first-order valence-corrected chi connectivity index (χ1v) is 5.67. The second-order valence-electron chi connectivity index (χ2n) is 4.56. The minimum Gasteiger partial charge on any atom is -0.297 e. The molecule has 1 aliphatic rings. The number of carbonyl (C=O) groups is 1. The number of anilines is 1. The number of Topliss-reactive ketones (excluding diaryl/α,β-unsaturated/α-hetero) is 1. The molecule has 16 heavy (non-hydrogen) atoms. The third kappa shape index (κ3) is 2.09. The summed E-state index contributed by atoms with van der Waals surface area (Å²) >= 11 is 0. The zero-order valence-electron chi connectivity index (χ0n) is 9.73. The summed E-state index contributed by atoms with van der Waals surface area (Å²) in [6.07, 6.45) is 2.22. The van der Waals surface area contributed by atoms with E-state index in [1.165, 1.54) is 0 Å². The fraction of sp³-hybridized carbons (Fsp3) is 0.462. The third-order valence-electron chi connectivity index (χ3n) is 3.04. The molecule has 1 N–H and O–H groups in total. The molecule has 1 atom stereocenters. The maximum atomic E-state index is 11.6. The van der Waals surface area contributed by atoms with Gasteiger partial charge in [-0.3, -0.25) is 10.0 Å². The van der Waals surface area contributed by atoms with Gasteiger partial charge in [0.25, 0.3) is 0 Å². The third-order valence-corrected chi connectivity index (χ3v) is 3.04. The van der Waals surface area contributed by atoms with Crippen molar-refractivity contribution in [3.63, 3.8) is 0 Å². The van der Waals surface area contributed by atoms with Crippen LogP contribution in [0.1, 0.15) is 30.4 Å². The number of rotatable bonds is 2. The molecule has 0 heterocycles. The van der Waals surface area contributed by atoms with E-state index in [0.717, 1.165) is 34.7 Å². The first kappa shape index (κ1) is 11.1. The van der Waals surface area contributed by atoms with E-state index in [2.05, 4.69) is 0 Å². The Morgan fingerprint density at radius 1 is 1.25 bits per heavy atom. The second kappa shape index (κ2) is 4.26. The Kier molecular flexibility index (Phi) is 2.97. The molecule has 0 amide bonds. The first-order valence-electron chi connectivity index (χ1n) is 5.67. The van der Waals surface area contributed by atoms with E-state index in [4.69, 9.17) is 0 Å². The Morgan fingerprint density at radius 2 is 1.88 bits per heavy atom. The number of hydrogen-bond acceptors (Lipinski definition) is 3. The van der Waals surface area contributed by atoms with Crippen molar-refractivity contribution >= 4 is 11.5 Å². The Bertz CT molecular complexity index is 394. The SMILES string of the molecule is Cc1cc(C)cc(N(O)C2CCCC2=O)c1. The summed E-state index contributed by atoms with van der Waals surface area (Å²) < 4.78 is 0. The van der Waals surface area contributed by atoms with Gasteiger partial charge in [0.2, 0.25) is 0 Å². The molecule has 1 aromatic rings. The number of ketones is 1. The standard InChI is InChI=1S/C13H17NO2/c1-9-6-10(2)8-11(7-9)14(16)12-4-3-5-13(12)15/h6-8,12,16H,3-5H2,1-2H3. The van der Waals surface area contributed by atoms with Crippen LogP contribution in [0.3, 0.4) is 0 Å². The second-order valence-corrected chi connectivity index (χ2v) is 4.56. The number of aryl methyl sites for hydroxylation is 2. The molecule has 3 nitrogen and oxygen atoms in total. The molecule has 1 saturated carbocycles. The van der Waals surface area contributed by atoms with Crippen molar-refractivity contribution in [2.45, 2.75) is 39.2 Å². The van der Waals surface area contributed by atoms with Gasteiger partial charge in [0.15, 0.2) is 5.78 Å². The van der Waals surface area contributed by atoms with E-state index in [1.807, 2.05) is 32.0 Å². The number of hydroxylamine groups is 1. The van der Waals surface area contributed by atoms with Crippen molar-refractivity contribution in [1.82, 2.24) is 0 Å². The van der Waals surface area contributed by atoms with Crippen LogP contribution in [0.5, 0.6) is 0 Å². The molecule has 0 aliphatic heterocycles. The summed E-state index contributed by atoms with van der Waals surface area (Å²) in [5.41, 5.74) is 2.91. The highest BCUT2D eigenvalue weighted by Gasteiger charge is 2.29. The summed E-state index contributed by atoms with van der Waals surface area (Å²) in [7, 11) is 0. The maximum absolute atomic E-state index is 11.6. The molecule has 0 radical (unpaired) electrons. The van der Waals surface area contributed by atoms with Gasteiger partial charge >= 0.3 is 0 Å². The summed E-state index contributed by atoms with van der Waals surface area (Å²) in [6.45, 7) is 3.97. The van der Waals surface area contributed by atoms with Crippen molar-refractivity contribution in [3.05, 3.63) is 29.3 Å². The zero-order chi connectivity index (χ0) is 11.7. The molecular formula is C13H17NO2. The number of benzene rings is 1. The summed E-state index contributed by atoms with van der Waals surface area (Å²) in [6, 6.07) is 5.51. The average Bonchev–Trinajstić information content (AvgIpc) is 2.62. The normalized spacial score (nSPS) is 20.2. The van der Waals surface area contributed by atoms with Gasteiger partial charge in [0.1, 0.15) is 6.04 Å². The average molecular weight is 219 g/mol. The Balaban J connectivity index is 2.26. The Labute approximate surface area is 95.6 Å². The lowest BCUT2D eigenvalue weighted by Crippen LogP contribution is -2.35. The van der Waals surface area contributed by atoms with E-state index in [1.54, 1.807) is 0 Å². The lowest BCUT2D eigenvalue weighted by Gasteiger charge is -2.23. The van der Waals surface area contributed by atoms with Crippen LogP contribution >= 0.6 is 0 Å². The molecule has 1 fully saturated rings. The van der Waals surface area contributed by atoms with Crippen molar-refractivity contribution in [1.29, 1.82) is 0 Å². The topological polar surface area (TPSA) is 40.5 Å². The predicted octanol–water partition coefficient (Wildman–Crippen LogP) is 2.62. The minimum atomic E-state index is -0.346. The molecule has 0 aromatic heterocycles. The van der Waals surface area contributed by atoms with E-state index in [0.29, 0.717) is 6.42 Å². The highest BCUT2D eigenvalue weighted by molar-refractivity contribution is 5.88. The number of nitrogens with zero attached hydrogens (tertiary/aromatic N) is 1. The van der Waals surface area contributed by atoms with E-state index in [-0.39, 0.29) is 11.8 Å². The van der Waals surface area contributed by atoms with Crippen LogP contribution in [0, 0.1) is 13.8 Å². The van der Waals surface area contributed by atoms with Crippen LogP contribution in [-0.4, -0.2) is 17.0 Å². The van der Waals surface area contributed by atoms with Crippen LogP contribution < -0.4 is 5.06 Å². The molecular weight excluding hydrogens is 202 g/mol. The smallest absolute Gasteiger partial charge is 0.157 e. The van der Waals surface area contributed by atoms with Gasteiger partial charge in [-0.1, -0.05) is 6.07 Å². The van der Waals surface area contributed by atoms with Crippen LogP contribution in [0.15, 0.2) is 18.2 Å². The zero-order valence-corrected chi connectivity index (χ0v) is 9.73. The number of carbonyl (C=O) groups excluding carboxylic acids is 1. The fourth-order valence-electron chi connectivity index (χ4n) is 2.32. The fourth-order valence-corrected chi connectivity index (χ4v) is 2.32. The maximum Gasteiger partial charge on any atom is 0.157 e. The molecule has 3 heteroatoms. The van der Waals surface area contributed by atoms with E-state index >= 15 is 0 Å². The van der Waals surface area contributed by atoms with Crippen LogP contribution in [0.2, 0.25) is 0 Å². The van der Waals surface area contributed by atoms with Crippen molar-refractivity contribution in [2.24, 2.45) is 0 Å². The van der Waals surface area contributed by atoms with Crippen LogP contribution in [0.4, 0.5) is 5.69 Å². The van der Waals surface area contributed by atoms with Crippen LogP contribution in [-0.2, 0) is 4.79 Å². The molecule has 0 spiro atoms. The lowest BCUT2D eigenvalue weighted by molar-refractivity contribution is -0.119. The van der Waals surface area contributed by atoms with E-state index < -0.39 is 0 Å². The largest absolute Gasteiger partial charge is 0.297 e. The van der Waals surface area contributed by atoms with Crippen molar-refractivity contribution < 1.29 is 10.0 Å². The van der Waals surface area contributed by atoms with E-state index in [9.17, 15) is 10.0 Å². The predicted molar refractivity (Wildman–Crippen MR) is 62.8 cm³/mol. The van der Waals surface area contributed by atoms with Crippen LogP contribution in [0.25, 0.3) is 0 Å². The van der Waals surface area contributed by atoms with Crippen molar-refractivity contribution in [3.8, 4) is 0 Å². The lowest BCUT2D eigenvalue weighted by atomic mass is 10.1. The highest BCUT2D eigenvalue weighted by atomic mass is 16.5. The Hall–Kier alpha value is -1.35. The molecule has 86 valence electrons. The molecule has 1 aromatic carbocycles. The summed E-state index contributed by atoms with van der Waals surface area (Å²) in [5.74, 6) is 0.140. The van der Waals surface area contributed by atoms with Gasteiger partial charge in [0, 0.05) is 6.42 Å².